The Bertz CT molecular complexity index is 1150. The van der Waals surface area contributed by atoms with Crippen molar-refractivity contribution in [3.63, 3.8) is 0 Å². The Kier molecular flexibility index (Phi) is 7.57. The van der Waals surface area contributed by atoms with E-state index in [9.17, 15) is 9.90 Å². The Morgan fingerprint density at radius 3 is 1.88 bits per heavy atom. The number of aromatic nitrogens is 1. The number of carboxylic acids is 1. The number of oxime groups is 1. The average molecular weight is 492 g/mol. The van der Waals surface area contributed by atoms with E-state index < -0.39 is 11.5 Å². The second-order valence-corrected chi connectivity index (χ2v) is 8.51. The molecule has 1 heterocycles. The molecule has 0 saturated carbocycles. The zero-order valence-electron chi connectivity index (χ0n) is 18.1. The lowest BCUT2D eigenvalue weighted by Gasteiger charge is -2.36. The number of nitrogens with one attached hydrogen (secondary N) is 1. The first-order chi connectivity index (χ1) is 16.6. The molecule has 0 aliphatic heterocycles. The summed E-state index contributed by atoms with van der Waals surface area (Å²) in [7, 11) is 0. The number of benzene rings is 3. The van der Waals surface area contributed by atoms with Gasteiger partial charge in [0, 0.05) is 5.38 Å². The van der Waals surface area contributed by atoms with Gasteiger partial charge in [-0.05, 0) is 16.7 Å². The van der Waals surface area contributed by atoms with Gasteiger partial charge in [-0.15, -0.1) is 22.9 Å². The van der Waals surface area contributed by atoms with Crippen LogP contribution in [0.3, 0.4) is 0 Å². The lowest BCUT2D eigenvalue weighted by atomic mass is 9.77. The molecule has 0 fully saturated rings. The van der Waals surface area contributed by atoms with E-state index in [4.69, 9.17) is 16.4 Å². The standard InChI is InChI=1S/C26H22ClN3O3S/c27-16-17-33-30-23(24(31)32)22-18-34-25(28-22)29-26(19-10-4-1-5-11-19,20-12-6-2-7-13-20)21-14-8-3-9-15-21/h1-15,18H,16-17H2,(H,28,29)(H,31,32)/b30-23-. The maximum Gasteiger partial charge on any atom is 0.360 e. The molecule has 0 bridgehead atoms. The van der Waals surface area contributed by atoms with Gasteiger partial charge in [0.15, 0.2) is 5.13 Å². The maximum absolute atomic E-state index is 11.8. The van der Waals surface area contributed by atoms with Crippen LogP contribution in [0.5, 0.6) is 0 Å². The Balaban J connectivity index is 1.84. The van der Waals surface area contributed by atoms with Crippen LogP contribution in [0.15, 0.2) is 102 Å². The molecule has 34 heavy (non-hydrogen) atoms. The summed E-state index contributed by atoms with van der Waals surface area (Å²) in [4.78, 5) is 21.3. The molecule has 0 atom stereocenters. The number of nitrogens with zero attached hydrogens (tertiary/aromatic N) is 2. The van der Waals surface area contributed by atoms with Crippen LogP contribution in [0, 0.1) is 0 Å². The SMILES string of the molecule is O=C(O)/C(=N\OCCCl)c1csc(NC(c2ccccc2)(c2ccccc2)c2ccccc2)n1. The number of carboxylic acid groups (broad SMARTS) is 1. The van der Waals surface area contributed by atoms with Crippen LogP contribution in [-0.2, 0) is 15.2 Å². The van der Waals surface area contributed by atoms with Crippen LogP contribution in [0.25, 0.3) is 0 Å². The summed E-state index contributed by atoms with van der Waals surface area (Å²) >= 11 is 6.89. The van der Waals surface area contributed by atoms with Gasteiger partial charge in [-0.25, -0.2) is 9.78 Å². The molecule has 3 aromatic carbocycles. The minimum atomic E-state index is -1.23. The molecule has 2 N–H and O–H groups in total. The fourth-order valence-corrected chi connectivity index (χ4v) is 4.54. The molecule has 0 aliphatic carbocycles. The number of rotatable bonds is 10. The number of hydrogen-bond acceptors (Lipinski definition) is 6. The van der Waals surface area contributed by atoms with E-state index in [0.29, 0.717) is 5.13 Å². The normalized spacial score (nSPS) is 11.7. The van der Waals surface area contributed by atoms with E-state index >= 15 is 0 Å². The number of halogens is 1. The van der Waals surface area contributed by atoms with Gasteiger partial charge in [0.2, 0.25) is 5.71 Å². The van der Waals surface area contributed by atoms with Crippen molar-refractivity contribution in [2.45, 2.75) is 5.54 Å². The first kappa shape index (κ1) is 23.5. The van der Waals surface area contributed by atoms with Crippen LogP contribution in [-0.4, -0.2) is 34.3 Å². The quantitative estimate of drug-likeness (QED) is 0.0992. The molecule has 0 spiro atoms. The summed E-state index contributed by atoms with van der Waals surface area (Å²) in [6.07, 6.45) is 0. The number of thiazole rings is 1. The summed E-state index contributed by atoms with van der Waals surface area (Å²) in [5, 5.41) is 19.1. The molecular formula is C26H22ClN3O3S. The minimum Gasteiger partial charge on any atom is -0.476 e. The number of carbonyl (C=O) groups is 1. The zero-order valence-corrected chi connectivity index (χ0v) is 19.7. The number of aliphatic carboxylic acids is 1. The molecule has 1 aromatic heterocycles. The molecule has 172 valence electrons. The van der Waals surface area contributed by atoms with Gasteiger partial charge >= 0.3 is 5.97 Å². The van der Waals surface area contributed by atoms with E-state index in [1.807, 2.05) is 54.6 Å². The fraction of sp³-hybridized carbons (Fsp3) is 0.115. The number of alkyl halides is 1. The lowest BCUT2D eigenvalue weighted by molar-refractivity contribution is -0.129. The maximum atomic E-state index is 11.8. The van der Waals surface area contributed by atoms with Crippen LogP contribution in [0.1, 0.15) is 22.4 Å². The van der Waals surface area contributed by atoms with Crippen molar-refractivity contribution >= 4 is 39.8 Å². The Morgan fingerprint density at radius 2 is 1.44 bits per heavy atom. The van der Waals surface area contributed by atoms with Gasteiger partial charge in [0.05, 0.1) is 5.88 Å². The highest BCUT2D eigenvalue weighted by Crippen LogP contribution is 2.40. The number of anilines is 1. The highest BCUT2D eigenvalue weighted by atomic mass is 35.5. The van der Waals surface area contributed by atoms with E-state index in [1.54, 1.807) is 5.38 Å². The van der Waals surface area contributed by atoms with Crippen molar-refractivity contribution in [3.8, 4) is 0 Å². The third kappa shape index (κ3) is 4.95. The molecule has 4 aromatic rings. The lowest BCUT2D eigenvalue weighted by Crippen LogP contribution is -2.38. The monoisotopic (exact) mass is 491 g/mol. The van der Waals surface area contributed by atoms with Crippen molar-refractivity contribution in [3.05, 3.63) is 119 Å². The molecule has 0 aliphatic rings. The average Bonchev–Trinajstić information content (AvgIpc) is 3.34. The molecule has 0 unspecified atom stereocenters. The van der Waals surface area contributed by atoms with Gasteiger partial charge in [-0.2, -0.15) is 0 Å². The molecule has 4 rings (SSSR count). The Hall–Kier alpha value is -3.68. The molecule has 0 amide bonds. The molecule has 0 radical (unpaired) electrons. The van der Waals surface area contributed by atoms with Gasteiger partial charge in [-0.3, -0.25) is 0 Å². The van der Waals surface area contributed by atoms with E-state index in [-0.39, 0.29) is 23.9 Å². The van der Waals surface area contributed by atoms with Crippen molar-refractivity contribution in [1.29, 1.82) is 0 Å². The van der Waals surface area contributed by atoms with Gasteiger partial charge in [0.25, 0.3) is 0 Å². The highest BCUT2D eigenvalue weighted by molar-refractivity contribution is 7.14. The second kappa shape index (κ2) is 11.0. The first-order valence-corrected chi connectivity index (χ1v) is 12.0. The van der Waals surface area contributed by atoms with Gasteiger partial charge < -0.3 is 15.3 Å². The fourth-order valence-electron chi connectivity index (χ4n) is 3.72. The Labute approximate surface area is 206 Å². The van der Waals surface area contributed by atoms with Crippen LogP contribution >= 0.6 is 22.9 Å². The zero-order chi connectivity index (χ0) is 23.8. The van der Waals surface area contributed by atoms with E-state index in [1.165, 1.54) is 11.3 Å². The van der Waals surface area contributed by atoms with Gasteiger partial charge in [0.1, 0.15) is 17.8 Å². The van der Waals surface area contributed by atoms with Crippen molar-refractivity contribution in [2.24, 2.45) is 5.16 Å². The first-order valence-electron chi connectivity index (χ1n) is 10.5. The van der Waals surface area contributed by atoms with Gasteiger partial charge in [-0.1, -0.05) is 96.2 Å². The summed E-state index contributed by atoms with van der Waals surface area (Å²) in [6, 6.07) is 30.3. The Morgan fingerprint density at radius 1 is 0.941 bits per heavy atom. The summed E-state index contributed by atoms with van der Waals surface area (Å²) < 4.78 is 0. The second-order valence-electron chi connectivity index (χ2n) is 7.28. The van der Waals surface area contributed by atoms with Crippen molar-refractivity contribution in [1.82, 2.24) is 4.98 Å². The highest BCUT2D eigenvalue weighted by Gasteiger charge is 2.37. The molecule has 8 heteroatoms. The number of hydrogen-bond donors (Lipinski definition) is 2. The van der Waals surface area contributed by atoms with E-state index in [0.717, 1.165) is 16.7 Å². The van der Waals surface area contributed by atoms with Crippen molar-refractivity contribution in [2.75, 3.05) is 17.8 Å². The summed E-state index contributed by atoms with van der Waals surface area (Å²) in [5.74, 6) is -1.03. The van der Waals surface area contributed by atoms with Crippen LogP contribution < -0.4 is 5.32 Å². The molecule has 6 nitrogen and oxygen atoms in total. The summed E-state index contributed by atoms with van der Waals surface area (Å²) in [5.41, 5.74) is 2.20. The van der Waals surface area contributed by atoms with E-state index in [2.05, 4.69) is 51.9 Å². The van der Waals surface area contributed by atoms with Crippen LogP contribution in [0.2, 0.25) is 0 Å². The minimum absolute atomic E-state index is 0.104. The predicted octanol–water partition coefficient (Wildman–Crippen LogP) is 5.59. The smallest absolute Gasteiger partial charge is 0.360 e. The topological polar surface area (TPSA) is 83.8 Å². The third-order valence-electron chi connectivity index (χ3n) is 5.19. The third-order valence-corrected chi connectivity index (χ3v) is 6.10. The molecule has 0 saturated heterocycles. The summed E-state index contributed by atoms with van der Waals surface area (Å²) in [6.45, 7) is 0.104. The van der Waals surface area contributed by atoms with Crippen LogP contribution in [0.4, 0.5) is 5.13 Å². The van der Waals surface area contributed by atoms with Crippen molar-refractivity contribution < 1.29 is 14.7 Å². The molecular weight excluding hydrogens is 470 g/mol. The predicted molar refractivity (Wildman–Crippen MR) is 136 cm³/mol. The largest absolute Gasteiger partial charge is 0.476 e.